The van der Waals surface area contributed by atoms with Crippen molar-refractivity contribution in [2.45, 2.75) is 0 Å². The third kappa shape index (κ3) is 5.36. The van der Waals surface area contributed by atoms with Crippen LogP contribution in [0.2, 0.25) is 0 Å². The summed E-state index contributed by atoms with van der Waals surface area (Å²) in [6.07, 6.45) is 0. The van der Waals surface area contributed by atoms with Crippen LogP contribution in [0, 0.1) is 0 Å². The molecule has 0 radical (unpaired) electrons. The third-order valence-electron chi connectivity index (χ3n) is 10.9. The summed E-state index contributed by atoms with van der Waals surface area (Å²) in [5.41, 5.74) is 13.7. The van der Waals surface area contributed by atoms with E-state index in [1.165, 1.54) is 27.5 Å². The van der Waals surface area contributed by atoms with Crippen LogP contribution in [0.25, 0.3) is 88.0 Å². The Morgan fingerprint density at radius 3 is 1.65 bits per heavy atom. The Bertz CT molecular complexity index is 3220. The Morgan fingerprint density at radius 2 is 0.818 bits per heavy atom. The lowest BCUT2D eigenvalue weighted by atomic mass is 9.95. The molecule has 258 valence electrons. The van der Waals surface area contributed by atoms with Gasteiger partial charge < -0.3 is 13.7 Å². The molecule has 0 saturated heterocycles. The van der Waals surface area contributed by atoms with Gasteiger partial charge in [-0.05, 0) is 117 Å². The maximum absolute atomic E-state index is 6.24. The fourth-order valence-corrected chi connectivity index (χ4v) is 8.18. The van der Waals surface area contributed by atoms with Crippen molar-refractivity contribution >= 4 is 71.7 Å². The molecule has 0 aliphatic carbocycles. The summed E-state index contributed by atoms with van der Waals surface area (Å²) in [6, 6.07) is 71.2. The van der Waals surface area contributed by atoms with Crippen LogP contribution in [0.15, 0.2) is 209 Å². The minimum Gasteiger partial charge on any atom is -0.456 e. The lowest BCUT2D eigenvalue weighted by molar-refractivity contribution is 0.668. The van der Waals surface area contributed by atoms with Gasteiger partial charge in [-0.15, -0.1) is 0 Å². The van der Waals surface area contributed by atoms with Crippen molar-refractivity contribution in [2.24, 2.45) is 0 Å². The molecule has 11 aromatic rings. The molecule has 0 amide bonds. The Morgan fingerprint density at radius 1 is 0.273 bits per heavy atom. The van der Waals surface area contributed by atoms with Crippen molar-refractivity contribution in [2.75, 3.05) is 4.90 Å². The fraction of sp³-hybridized carbons (Fsp3) is 0. The summed E-state index contributed by atoms with van der Waals surface area (Å²) in [7, 11) is 0. The van der Waals surface area contributed by atoms with Crippen LogP contribution in [0.1, 0.15) is 0 Å². The van der Waals surface area contributed by atoms with Gasteiger partial charge in [-0.25, -0.2) is 0 Å². The van der Waals surface area contributed by atoms with Gasteiger partial charge in [0.25, 0.3) is 0 Å². The van der Waals surface area contributed by atoms with Crippen LogP contribution < -0.4 is 4.90 Å². The average Bonchev–Trinajstić information content (AvgIpc) is 3.82. The van der Waals surface area contributed by atoms with E-state index >= 15 is 0 Å². The van der Waals surface area contributed by atoms with Crippen molar-refractivity contribution in [1.82, 2.24) is 0 Å². The normalized spacial score (nSPS) is 11.6. The van der Waals surface area contributed by atoms with E-state index in [-0.39, 0.29) is 0 Å². The van der Waals surface area contributed by atoms with Gasteiger partial charge in [-0.3, -0.25) is 0 Å². The zero-order chi connectivity index (χ0) is 36.3. The Kier molecular flexibility index (Phi) is 7.17. The molecule has 0 bridgehead atoms. The molecule has 11 rings (SSSR count). The number of benzene rings is 9. The molecular weight excluding hydrogens is 671 g/mol. The molecule has 2 heterocycles. The average molecular weight is 704 g/mol. The number of rotatable bonds is 6. The number of furan rings is 2. The van der Waals surface area contributed by atoms with E-state index < -0.39 is 0 Å². The fourth-order valence-electron chi connectivity index (χ4n) is 8.18. The smallest absolute Gasteiger partial charge is 0.136 e. The topological polar surface area (TPSA) is 29.5 Å². The first-order valence-corrected chi connectivity index (χ1v) is 18.7. The molecule has 0 aliphatic rings. The molecule has 0 spiro atoms. The van der Waals surface area contributed by atoms with Gasteiger partial charge in [-0.1, -0.05) is 127 Å². The number of anilines is 3. The molecule has 0 atom stereocenters. The zero-order valence-electron chi connectivity index (χ0n) is 29.8. The summed E-state index contributed by atoms with van der Waals surface area (Å²) in [4.78, 5) is 2.34. The molecular formula is C52H33NO2. The van der Waals surface area contributed by atoms with E-state index in [9.17, 15) is 0 Å². The zero-order valence-corrected chi connectivity index (χ0v) is 29.8. The number of para-hydroxylation sites is 2. The predicted octanol–water partition coefficient (Wildman–Crippen LogP) is 15.1. The first-order valence-electron chi connectivity index (χ1n) is 18.7. The highest BCUT2D eigenvalue weighted by molar-refractivity contribution is 6.07. The van der Waals surface area contributed by atoms with Gasteiger partial charge in [0.2, 0.25) is 0 Å². The van der Waals surface area contributed by atoms with Crippen molar-refractivity contribution in [1.29, 1.82) is 0 Å². The Hall–Kier alpha value is -7.36. The van der Waals surface area contributed by atoms with Gasteiger partial charge in [0.15, 0.2) is 0 Å². The lowest BCUT2D eigenvalue weighted by Gasteiger charge is -2.26. The minimum atomic E-state index is 0.875. The SMILES string of the molecule is c1cc(-c2cccc(N(c3ccc(-c4ccc5c(c4)oc4ccccc45)cc3)c3ccc4oc5ccccc5c4c3)c2)cc(-c2cccc3ccccc23)c1. The molecule has 0 aliphatic heterocycles. The number of nitrogens with zero attached hydrogens (tertiary/aromatic N) is 1. The van der Waals surface area contributed by atoms with E-state index in [1.54, 1.807) is 0 Å². The molecule has 0 N–H and O–H groups in total. The van der Waals surface area contributed by atoms with E-state index in [2.05, 4.69) is 181 Å². The highest BCUT2D eigenvalue weighted by Gasteiger charge is 2.17. The maximum Gasteiger partial charge on any atom is 0.136 e. The summed E-state index contributed by atoms with van der Waals surface area (Å²) in [6.45, 7) is 0. The second kappa shape index (κ2) is 12.6. The van der Waals surface area contributed by atoms with Gasteiger partial charge in [0.05, 0.1) is 0 Å². The standard InChI is InChI=1S/C52H33NO2/c1-2-16-43-35(10-1)11-9-19-44(43)39-14-7-12-36(30-39)37-13-8-15-41(31-37)53(42-27-29-51-48(33-42)46-18-4-6-21-50(46)54-51)40-25-22-34(23-26-40)38-24-28-47-45-17-3-5-20-49(45)55-52(47)32-38/h1-33H. The van der Waals surface area contributed by atoms with Gasteiger partial charge >= 0.3 is 0 Å². The minimum absolute atomic E-state index is 0.875. The molecule has 0 unspecified atom stereocenters. The highest BCUT2D eigenvalue weighted by atomic mass is 16.3. The van der Waals surface area contributed by atoms with E-state index in [0.29, 0.717) is 0 Å². The largest absolute Gasteiger partial charge is 0.456 e. The van der Waals surface area contributed by atoms with Crippen molar-refractivity contribution < 1.29 is 8.83 Å². The Labute approximate surface area is 317 Å². The van der Waals surface area contributed by atoms with Crippen LogP contribution in [-0.2, 0) is 0 Å². The van der Waals surface area contributed by atoms with E-state index in [0.717, 1.165) is 77.6 Å². The first-order chi connectivity index (χ1) is 27.2. The predicted molar refractivity (Wildman–Crippen MR) is 229 cm³/mol. The number of hydrogen-bond acceptors (Lipinski definition) is 3. The molecule has 55 heavy (non-hydrogen) atoms. The second-order valence-electron chi connectivity index (χ2n) is 14.1. The number of hydrogen-bond donors (Lipinski definition) is 0. The van der Waals surface area contributed by atoms with Crippen LogP contribution >= 0.6 is 0 Å². The monoisotopic (exact) mass is 703 g/mol. The third-order valence-corrected chi connectivity index (χ3v) is 10.9. The second-order valence-corrected chi connectivity index (χ2v) is 14.1. The molecule has 9 aromatic carbocycles. The van der Waals surface area contributed by atoms with Crippen molar-refractivity contribution in [3.05, 3.63) is 200 Å². The quantitative estimate of drug-likeness (QED) is 0.173. The van der Waals surface area contributed by atoms with Gasteiger partial charge in [0.1, 0.15) is 22.3 Å². The van der Waals surface area contributed by atoms with Crippen LogP contribution in [0.3, 0.4) is 0 Å². The van der Waals surface area contributed by atoms with Crippen molar-refractivity contribution in [3.8, 4) is 33.4 Å². The van der Waals surface area contributed by atoms with Crippen LogP contribution in [-0.4, -0.2) is 0 Å². The highest BCUT2D eigenvalue weighted by Crippen LogP contribution is 2.41. The maximum atomic E-state index is 6.24. The van der Waals surface area contributed by atoms with E-state index in [4.69, 9.17) is 8.83 Å². The summed E-state index contributed by atoms with van der Waals surface area (Å²) >= 11 is 0. The van der Waals surface area contributed by atoms with Crippen molar-refractivity contribution in [3.63, 3.8) is 0 Å². The van der Waals surface area contributed by atoms with E-state index in [1.807, 2.05) is 24.3 Å². The number of fused-ring (bicyclic) bond motifs is 7. The molecule has 0 fully saturated rings. The molecule has 3 heteroatoms. The van der Waals surface area contributed by atoms with Crippen LogP contribution in [0.5, 0.6) is 0 Å². The van der Waals surface area contributed by atoms with Gasteiger partial charge in [0, 0.05) is 38.6 Å². The molecule has 0 saturated carbocycles. The molecule has 3 nitrogen and oxygen atoms in total. The summed E-state index contributed by atoms with van der Waals surface area (Å²) < 4.78 is 12.5. The Balaban J connectivity index is 1.02. The van der Waals surface area contributed by atoms with Gasteiger partial charge in [-0.2, -0.15) is 0 Å². The summed E-state index contributed by atoms with van der Waals surface area (Å²) in [5, 5.41) is 6.96. The molecule has 2 aromatic heterocycles. The summed E-state index contributed by atoms with van der Waals surface area (Å²) in [5.74, 6) is 0. The van der Waals surface area contributed by atoms with Crippen LogP contribution in [0.4, 0.5) is 17.1 Å². The lowest BCUT2D eigenvalue weighted by Crippen LogP contribution is -2.10. The first kappa shape index (κ1) is 31.2.